The lowest BCUT2D eigenvalue weighted by Crippen LogP contribution is -2.39. The molecule has 1 aliphatic heterocycles. The van der Waals surface area contributed by atoms with Crippen molar-refractivity contribution in [1.82, 2.24) is 14.9 Å². The molecule has 0 radical (unpaired) electrons. The molecule has 1 aromatic rings. The van der Waals surface area contributed by atoms with Crippen molar-refractivity contribution in [3.63, 3.8) is 0 Å². The Morgan fingerprint density at radius 1 is 1.53 bits per heavy atom. The third kappa shape index (κ3) is 3.55. The van der Waals surface area contributed by atoms with E-state index in [1.54, 1.807) is 0 Å². The molecule has 0 aromatic carbocycles. The van der Waals surface area contributed by atoms with E-state index in [-0.39, 0.29) is 5.82 Å². The van der Waals surface area contributed by atoms with Crippen molar-refractivity contribution in [1.29, 1.82) is 5.26 Å². The summed E-state index contributed by atoms with van der Waals surface area (Å²) < 4.78 is 0. The second kappa shape index (κ2) is 6.34. The first-order valence-corrected chi connectivity index (χ1v) is 6.74. The molecule has 19 heavy (non-hydrogen) atoms. The van der Waals surface area contributed by atoms with Gasteiger partial charge in [0.15, 0.2) is 0 Å². The lowest BCUT2D eigenvalue weighted by molar-refractivity contribution is 0.219. The molecule has 0 amide bonds. The standard InChI is InChI=1S/C13H20N6/c1-2-5-19-6-3-11(4-7-19)17-13-16-9-10(8-14)12(15)18-13/h9,11H,2-7H2,1H3,(H3,15,16,17,18). The van der Waals surface area contributed by atoms with Gasteiger partial charge in [0.1, 0.15) is 17.5 Å². The maximum atomic E-state index is 8.77. The van der Waals surface area contributed by atoms with Gasteiger partial charge in [-0.2, -0.15) is 10.2 Å². The molecule has 1 aromatic heterocycles. The second-order valence-corrected chi connectivity index (χ2v) is 4.86. The molecule has 2 rings (SSSR count). The summed E-state index contributed by atoms with van der Waals surface area (Å²) >= 11 is 0. The van der Waals surface area contributed by atoms with Gasteiger partial charge in [0.2, 0.25) is 5.95 Å². The number of anilines is 2. The molecule has 0 atom stereocenters. The normalized spacial score (nSPS) is 17.1. The summed E-state index contributed by atoms with van der Waals surface area (Å²) in [6, 6.07) is 2.35. The fraction of sp³-hybridized carbons (Fsp3) is 0.615. The van der Waals surface area contributed by atoms with Gasteiger partial charge in [-0.15, -0.1) is 0 Å². The number of nitrogens with one attached hydrogen (secondary N) is 1. The maximum Gasteiger partial charge on any atom is 0.224 e. The minimum absolute atomic E-state index is 0.239. The van der Waals surface area contributed by atoms with Crippen molar-refractivity contribution >= 4 is 11.8 Å². The van der Waals surface area contributed by atoms with Gasteiger partial charge in [-0.3, -0.25) is 0 Å². The predicted molar refractivity (Wildman–Crippen MR) is 74.5 cm³/mol. The van der Waals surface area contributed by atoms with Crippen molar-refractivity contribution in [3.8, 4) is 6.07 Å². The fourth-order valence-electron chi connectivity index (χ4n) is 2.35. The number of aromatic nitrogens is 2. The van der Waals surface area contributed by atoms with Crippen LogP contribution in [0.4, 0.5) is 11.8 Å². The summed E-state index contributed by atoms with van der Waals surface area (Å²) in [6.45, 7) is 5.60. The average molecular weight is 260 g/mol. The van der Waals surface area contributed by atoms with Crippen molar-refractivity contribution in [2.75, 3.05) is 30.7 Å². The maximum absolute atomic E-state index is 8.77. The van der Waals surface area contributed by atoms with E-state index < -0.39 is 0 Å². The first-order chi connectivity index (χ1) is 9.22. The highest BCUT2D eigenvalue weighted by molar-refractivity contribution is 5.49. The van der Waals surface area contributed by atoms with Crippen molar-refractivity contribution in [2.45, 2.75) is 32.2 Å². The fourth-order valence-corrected chi connectivity index (χ4v) is 2.35. The van der Waals surface area contributed by atoms with Crippen LogP contribution in [0.5, 0.6) is 0 Å². The minimum atomic E-state index is 0.239. The van der Waals surface area contributed by atoms with Crippen LogP contribution in [0.2, 0.25) is 0 Å². The zero-order valence-electron chi connectivity index (χ0n) is 11.3. The molecule has 102 valence electrons. The molecule has 1 saturated heterocycles. The van der Waals surface area contributed by atoms with E-state index in [4.69, 9.17) is 11.0 Å². The van der Waals surface area contributed by atoms with Gasteiger partial charge in [-0.1, -0.05) is 6.92 Å². The van der Waals surface area contributed by atoms with E-state index in [9.17, 15) is 0 Å². The highest BCUT2D eigenvalue weighted by Gasteiger charge is 2.19. The molecular formula is C13H20N6. The van der Waals surface area contributed by atoms with Crippen molar-refractivity contribution < 1.29 is 0 Å². The van der Waals surface area contributed by atoms with Crippen LogP contribution in [0, 0.1) is 11.3 Å². The summed E-state index contributed by atoms with van der Waals surface area (Å²) in [5, 5.41) is 12.1. The van der Waals surface area contributed by atoms with E-state index in [0.29, 0.717) is 17.6 Å². The van der Waals surface area contributed by atoms with E-state index in [1.165, 1.54) is 19.2 Å². The first-order valence-electron chi connectivity index (χ1n) is 6.74. The van der Waals surface area contributed by atoms with Gasteiger partial charge in [0, 0.05) is 19.1 Å². The molecule has 6 heteroatoms. The Bertz CT molecular complexity index is 459. The number of hydrogen-bond donors (Lipinski definition) is 2. The Morgan fingerprint density at radius 3 is 2.84 bits per heavy atom. The summed E-state index contributed by atoms with van der Waals surface area (Å²) in [7, 11) is 0. The number of nitrogens with zero attached hydrogens (tertiary/aromatic N) is 4. The second-order valence-electron chi connectivity index (χ2n) is 4.86. The van der Waals surface area contributed by atoms with Crippen LogP contribution in [0.1, 0.15) is 31.7 Å². The van der Waals surface area contributed by atoms with Crippen LogP contribution in [-0.2, 0) is 0 Å². The van der Waals surface area contributed by atoms with Crippen LogP contribution >= 0.6 is 0 Å². The average Bonchev–Trinajstić information content (AvgIpc) is 2.42. The summed E-state index contributed by atoms with van der Waals surface area (Å²) in [4.78, 5) is 10.7. The van der Waals surface area contributed by atoms with Crippen molar-refractivity contribution in [2.24, 2.45) is 0 Å². The van der Waals surface area contributed by atoms with Crippen LogP contribution in [0.3, 0.4) is 0 Å². The van der Waals surface area contributed by atoms with Crippen LogP contribution in [0.15, 0.2) is 6.20 Å². The van der Waals surface area contributed by atoms with Gasteiger partial charge >= 0.3 is 0 Å². The predicted octanol–water partition coefficient (Wildman–Crippen LogP) is 1.22. The Hall–Kier alpha value is -1.87. The Balaban J connectivity index is 1.89. The number of rotatable bonds is 4. The quantitative estimate of drug-likeness (QED) is 0.845. The van der Waals surface area contributed by atoms with Crippen LogP contribution < -0.4 is 11.1 Å². The summed E-state index contributed by atoms with van der Waals surface area (Å²) in [6.07, 6.45) is 4.84. The lowest BCUT2D eigenvalue weighted by atomic mass is 10.1. The molecule has 1 aliphatic rings. The zero-order chi connectivity index (χ0) is 13.7. The minimum Gasteiger partial charge on any atom is -0.382 e. The smallest absolute Gasteiger partial charge is 0.224 e. The van der Waals surface area contributed by atoms with E-state index >= 15 is 0 Å². The van der Waals surface area contributed by atoms with Gasteiger partial charge in [-0.05, 0) is 25.8 Å². The van der Waals surface area contributed by atoms with Crippen LogP contribution in [0.25, 0.3) is 0 Å². The third-order valence-corrected chi connectivity index (χ3v) is 3.40. The SMILES string of the molecule is CCCN1CCC(Nc2ncc(C#N)c(N)n2)CC1. The summed E-state index contributed by atoms with van der Waals surface area (Å²) in [5.74, 6) is 0.758. The molecule has 6 nitrogen and oxygen atoms in total. The zero-order valence-corrected chi connectivity index (χ0v) is 11.3. The molecule has 0 unspecified atom stereocenters. The number of piperidine rings is 1. The van der Waals surface area contributed by atoms with Crippen molar-refractivity contribution in [3.05, 3.63) is 11.8 Å². The van der Waals surface area contributed by atoms with E-state index in [1.807, 2.05) is 6.07 Å². The molecule has 2 heterocycles. The summed E-state index contributed by atoms with van der Waals surface area (Å²) in [5.41, 5.74) is 6.00. The van der Waals surface area contributed by atoms with Crippen LogP contribution in [-0.4, -0.2) is 40.5 Å². The van der Waals surface area contributed by atoms with Gasteiger partial charge in [-0.25, -0.2) is 4.98 Å². The lowest BCUT2D eigenvalue weighted by Gasteiger charge is -2.32. The number of likely N-dealkylation sites (tertiary alicyclic amines) is 1. The first kappa shape index (κ1) is 13.6. The number of hydrogen-bond acceptors (Lipinski definition) is 6. The van der Waals surface area contributed by atoms with Gasteiger partial charge in [0.05, 0.1) is 6.20 Å². The molecule has 0 spiro atoms. The Labute approximate surface area is 113 Å². The molecular weight excluding hydrogens is 240 g/mol. The largest absolute Gasteiger partial charge is 0.382 e. The molecule has 1 fully saturated rings. The van der Waals surface area contributed by atoms with Gasteiger partial charge in [0.25, 0.3) is 0 Å². The molecule has 0 aliphatic carbocycles. The monoisotopic (exact) mass is 260 g/mol. The van der Waals surface area contributed by atoms with Gasteiger partial charge < -0.3 is 16.0 Å². The third-order valence-electron chi connectivity index (χ3n) is 3.40. The molecule has 0 saturated carbocycles. The highest BCUT2D eigenvalue weighted by atomic mass is 15.2. The molecule has 0 bridgehead atoms. The highest BCUT2D eigenvalue weighted by Crippen LogP contribution is 2.15. The van der Waals surface area contributed by atoms with E-state index in [0.717, 1.165) is 25.9 Å². The Kier molecular flexibility index (Phi) is 4.53. The number of nitrogen functional groups attached to an aromatic ring is 1. The molecule has 3 N–H and O–H groups in total. The Morgan fingerprint density at radius 2 is 2.26 bits per heavy atom. The van der Waals surface area contributed by atoms with E-state index in [2.05, 4.69) is 27.1 Å². The topological polar surface area (TPSA) is 90.9 Å². The number of nitriles is 1. The number of nitrogens with two attached hydrogens (primary N) is 1.